The highest BCUT2D eigenvalue weighted by Gasteiger charge is 1.90. The lowest BCUT2D eigenvalue weighted by Crippen LogP contribution is -2.35. The Labute approximate surface area is 56.6 Å². The Morgan fingerprint density at radius 1 is 1.33 bits per heavy atom. The Balaban J connectivity index is 3.53. The Bertz CT molecular complexity index is 93.1. The van der Waals surface area contributed by atoms with Crippen LogP contribution in [0.4, 0.5) is 0 Å². The van der Waals surface area contributed by atoms with E-state index in [2.05, 4.69) is 17.2 Å². The van der Waals surface area contributed by atoms with Gasteiger partial charge in [-0.05, 0) is 14.1 Å². The third-order valence-corrected chi connectivity index (χ3v) is 1.06. The van der Waals surface area contributed by atoms with Gasteiger partial charge in [-0.15, -0.1) is 0 Å². The van der Waals surface area contributed by atoms with Gasteiger partial charge < -0.3 is 10.6 Å². The molecule has 2 N–H and O–H groups in total. The Morgan fingerprint density at radius 2 is 1.89 bits per heavy atom. The number of likely N-dealkylation sites (N-methyl/N-ethyl adjacent to an activating group) is 2. The van der Waals surface area contributed by atoms with Crippen LogP contribution in [0.1, 0.15) is 0 Å². The van der Waals surface area contributed by atoms with E-state index in [9.17, 15) is 0 Å². The monoisotopic (exact) mass is 126 g/mol. The first-order valence-electron chi connectivity index (χ1n) is 2.99. The van der Waals surface area contributed by atoms with Crippen molar-refractivity contribution < 1.29 is 0 Å². The molecular weight excluding hydrogens is 112 g/mol. The third-order valence-electron chi connectivity index (χ3n) is 1.06. The summed E-state index contributed by atoms with van der Waals surface area (Å²) in [6.45, 7) is 3.56. The summed E-state index contributed by atoms with van der Waals surface area (Å²) in [6.07, 6.45) is 5.90. The van der Waals surface area contributed by atoms with Crippen molar-refractivity contribution in [3.63, 3.8) is 0 Å². The smallest absolute Gasteiger partial charge is 0.0762 e. The maximum Gasteiger partial charge on any atom is 0.0762 e. The van der Waals surface area contributed by atoms with E-state index < -0.39 is 0 Å². The van der Waals surface area contributed by atoms with Gasteiger partial charge in [0.2, 0.25) is 0 Å². The first-order chi connectivity index (χ1) is 4.35. The van der Waals surface area contributed by atoms with E-state index in [-0.39, 0.29) is 6.17 Å². The van der Waals surface area contributed by atoms with Gasteiger partial charge in [0.25, 0.3) is 0 Å². The van der Waals surface area contributed by atoms with E-state index in [1.807, 2.05) is 26.2 Å². The number of hydrogen-bond acceptors (Lipinski definition) is 2. The second-order valence-electron chi connectivity index (χ2n) is 1.68. The average Bonchev–Trinajstić information content (AvgIpc) is 1.91. The summed E-state index contributed by atoms with van der Waals surface area (Å²) in [5.74, 6) is 0. The lowest BCUT2D eigenvalue weighted by Gasteiger charge is -2.07. The highest BCUT2D eigenvalue weighted by Crippen LogP contribution is 1.78. The van der Waals surface area contributed by atoms with Crippen molar-refractivity contribution in [1.29, 1.82) is 0 Å². The Kier molecular flexibility index (Phi) is 5.17. The zero-order valence-corrected chi connectivity index (χ0v) is 6.02. The van der Waals surface area contributed by atoms with Gasteiger partial charge >= 0.3 is 0 Å². The van der Waals surface area contributed by atoms with Crippen molar-refractivity contribution in [2.45, 2.75) is 6.17 Å². The van der Waals surface area contributed by atoms with Gasteiger partial charge in [-0.3, -0.25) is 0 Å². The normalized spacial score (nSPS) is 11.0. The molecule has 0 aromatic carbocycles. The molecule has 2 heteroatoms. The van der Waals surface area contributed by atoms with Crippen molar-refractivity contribution >= 4 is 0 Å². The molecule has 0 aliphatic heterocycles. The topological polar surface area (TPSA) is 24.1 Å². The Hall–Kier alpha value is -0.600. The van der Waals surface area contributed by atoms with E-state index >= 15 is 0 Å². The van der Waals surface area contributed by atoms with Gasteiger partial charge in [0.1, 0.15) is 0 Å². The molecule has 0 unspecified atom stereocenters. The summed E-state index contributed by atoms with van der Waals surface area (Å²) in [5.41, 5.74) is 0. The standard InChI is InChI=1S/C7H14N2/c1-4-5-6-7(8-2)9-3/h4-9H,1H2,2-3H3/b6-5-. The van der Waals surface area contributed by atoms with E-state index in [1.54, 1.807) is 6.08 Å². The molecular formula is C7H14N2. The molecule has 0 amide bonds. The highest BCUT2D eigenvalue weighted by atomic mass is 15.1. The van der Waals surface area contributed by atoms with E-state index in [0.29, 0.717) is 0 Å². The maximum atomic E-state index is 3.56. The summed E-state index contributed by atoms with van der Waals surface area (Å²) < 4.78 is 0. The average molecular weight is 126 g/mol. The molecule has 0 aromatic heterocycles. The molecule has 2 nitrogen and oxygen atoms in total. The first kappa shape index (κ1) is 8.40. The van der Waals surface area contributed by atoms with E-state index in [4.69, 9.17) is 0 Å². The molecule has 0 fully saturated rings. The predicted octanol–water partition coefficient (Wildman–Crippen LogP) is 0.493. The molecule has 0 aromatic rings. The molecule has 0 atom stereocenters. The second-order valence-corrected chi connectivity index (χ2v) is 1.68. The fraction of sp³-hybridized carbons (Fsp3) is 0.429. The molecule has 0 radical (unpaired) electrons. The molecule has 0 bridgehead atoms. The zero-order valence-electron chi connectivity index (χ0n) is 6.02. The van der Waals surface area contributed by atoms with Gasteiger partial charge in [-0.25, -0.2) is 0 Å². The predicted molar refractivity (Wildman–Crippen MR) is 41.2 cm³/mol. The van der Waals surface area contributed by atoms with Crippen LogP contribution in [0.3, 0.4) is 0 Å². The van der Waals surface area contributed by atoms with Gasteiger partial charge in [0, 0.05) is 0 Å². The second kappa shape index (κ2) is 5.54. The van der Waals surface area contributed by atoms with Crippen molar-refractivity contribution in [3.05, 3.63) is 24.8 Å². The first-order valence-corrected chi connectivity index (χ1v) is 2.99. The van der Waals surface area contributed by atoms with Crippen LogP contribution in [0.15, 0.2) is 24.8 Å². The van der Waals surface area contributed by atoms with Gasteiger partial charge in [-0.2, -0.15) is 0 Å². The minimum absolute atomic E-state index is 0.253. The number of allylic oxidation sites excluding steroid dienone is 2. The molecule has 0 aliphatic carbocycles. The maximum absolute atomic E-state index is 3.56. The Morgan fingerprint density at radius 3 is 2.22 bits per heavy atom. The fourth-order valence-electron chi connectivity index (χ4n) is 0.526. The number of rotatable bonds is 4. The quantitative estimate of drug-likeness (QED) is 0.423. The van der Waals surface area contributed by atoms with Crippen molar-refractivity contribution in [2.75, 3.05) is 14.1 Å². The van der Waals surface area contributed by atoms with Crippen LogP contribution < -0.4 is 10.6 Å². The molecule has 52 valence electrons. The van der Waals surface area contributed by atoms with Crippen LogP contribution in [0.2, 0.25) is 0 Å². The van der Waals surface area contributed by atoms with Crippen LogP contribution in [-0.2, 0) is 0 Å². The van der Waals surface area contributed by atoms with Crippen LogP contribution in [-0.4, -0.2) is 20.3 Å². The SMILES string of the molecule is C=C/C=C\C(NC)NC. The third kappa shape index (κ3) is 3.94. The molecule has 0 saturated heterocycles. The molecule has 0 saturated carbocycles. The van der Waals surface area contributed by atoms with Crippen LogP contribution in [0.25, 0.3) is 0 Å². The summed E-state index contributed by atoms with van der Waals surface area (Å²) in [4.78, 5) is 0. The summed E-state index contributed by atoms with van der Waals surface area (Å²) >= 11 is 0. The lowest BCUT2D eigenvalue weighted by atomic mass is 10.4. The molecule has 9 heavy (non-hydrogen) atoms. The summed E-state index contributed by atoms with van der Waals surface area (Å²) in [7, 11) is 3.79. The lowest BCUT2D eigenvalue weighted by molar-refractivity contribution is 0.588. The van der Waals surface area contributed by atoms with E-state index in [0.717, 1.165) is 0 Å². The van der Waals surface area contributed by atoms with Gasteiger partial charge in [0.05, 0.1) is 6.17 Å². The molecule has 0 aliphatic rings. The van der Waals surface area contributed by atoms with Crippen LogP contribution in [0.5, 0.6) is 0 Å². The fourth-order valence-corrected chi connectivity index (χ4v) is 0.526. The van der Waals surface area contributed by atoms with Crippen molar-refractivity contribution in [2.24, 2.45) is 0 Å². The minimum atomic E-state index is 0.253. The van der Waals surface area contributed by atoms with Crippen molar-refractivity contribution in [3.8, 4) is 0 Å². The van der Waals surface area contributed by atoms with Crippen LogP contribution >= 0.6 is 0 Å². The zero-order chi connectivity index (χ0) is 7.11. The highest BCUT2D eigenvalue weighted by molar-refractivity contribution is 5.01. The number of nitrogens with one attached hydrogen (secondary N) is 2. The molecule has 0 rings (SSSR count). The van der Waals surface area contributed by atoms with Crippen LogP contribution in [0, 0.1) is 0 Å². The molecule has 0 spiro atoms. The van der Waals surface area contributed by atoms with E-state index in [1.165, 1.54) is 0 Å². The number of hydrogen-bond donors (Lipinski definition) is 2. The molecule has 0 heterocycles. The summed E-state index contributed by atoms with van der Waals surface area (Å²) in [5, 5.41) is 6.08. The van der Waals surface area contributed by atoms with Gasteiger partial charge in [0.15, 0.2) is 0 Å². The minimum Gasteiger partial charge on any atom is -0.302 e. The van der Waals surface area contributed by atoms with Gasteiger partial charge in [-0.1, -0.05) is 24.8 Å². The summed E-state index contributed by atoms with van der Waals surface area (Å²) in [6, 6.07) is 0. The van der Waals surface area contributed by atoms with Crippen molar-refractivity contribution in [1.82, 2.24) is 10.6 Å². The largest absolute Gasteiger partial charge is 0.302 e.